The lowest BCUT2D eigenvalue weighted by Crippen LogP contribution is -2.43. The highest BCUT2D eigenvalue weighted by Crippen LogP contribution is 2.25. The van der Waals surface area contributed by atoms with E-state index in [1.807, 2.05) is 6.07 Å². The van der Waals surface area contributed by atoms with Gasteiger partial charge in [0.1, 0.15) is 0 Å². The smallest absolute Gasteiger partial charge is 0.251 e. The number of rotatable bonds is 6. The third-order valence-electron chi connectivity index (χ3n) is 5.89. The lowest BCUT2D eigenvalue weighted by atomic mass is 10.0. The number of sulfonamides is 1. The molecule has 2 aromatic rings. The van der Waals surface area contributed by atoms with E-state index in [1.165, 1.54) is 15.4 Å². The third kappa shape index (κ3) is 5.08. The number of nitrogens with one attached hydrogen (secondary N) is 1. The van der Waals surface area contributed by atoms with Gasteiger partial charge in [-0.3, -0.25) is 14.0 Å². The Labute approximate surface area is 184 Å². The van der Waals surface area contributed by atoms with E-state index in [0.29, 0.717) is 44.0 Å². The molecule has 2 aliphatic heterocycles. The summed E-state index contributed by atoms with van der Waals surface area (Å²) in [6, 6.07) is 15.2. The molecule has 0 aliphatic carbocycles. The van der Waals surface area contributed by atoms with Crippen molar-refractivity contribution in [2.45, 2.75) is 19.4 Å². The predicted octanol–water partition coefficient (Wildman–Crippen LogP) is 2.34. The average Bonchev–Trinajstić information content (AvgIpc) is 3.13. The van der Waals surface area contributed by atoms with E-state index >= 15 is 0 Å². The van der Waals surface area contributed by atoms with Crippen LogP contribution in [-0.4, -0.2) is 64.4 Å². The van der Waals surface area contributed by atoms with Crippen molar-refractivity contribution in [2.24, 2.45) is 0 Å². The van der Waals surface area contributed by atoms with Gasteiger partial charge in [0.15, 0.2) is 0 Å². The van der Waals surface area contributed by atoms with Gasteiger partial charge in [-0.15, -0.1) is 0 Å². The Morgan fingerprint density at radius 3 is 2.48 bits per heavy atom. The van der Waals surface area contributed by atoms with Crippen molar-refractivity contribution in [3.8, 4) is 0 Å². The summed E-state index contributed by atoms with van der Waals surface area (Å²) in [4.78, 5) is 15.2. The van der Waals surface area contributed by atoms with Gasteiger partial charge in [-0.25, -0.2) is 8.42 Å². The zero-order valence-electron chi connectivity index (χ0n) is 17.8. The van der Waals surface area contributed by atoms with Gasteiger partial charge in [0.25, 0.3) is 5.91 Å². The molecule has 0 radical (unpaired) electrons. The molecular formula is C23H29N3O4S. The van der Waals surface area contributed by atoms with Crippen LogP contribution in [0.2, 0.25) is 0 Å². The van der Waals surface area contributed by atoms with Crippen molar-refractivity contribution >= 4 is 21.6 Å². The van der Waals surface area contributed by atoms with Crippen LogP contribution in [0.25, 0.3) is 0 Å². The molecule has 2 aromatic carbocycles. The highest BCUT2D eigenvalue weighted by Gasteiger charge is 2.28. The molecule has 2 saturated heterocycles. The highest BCUT2D eigenvalue weighted by molar-refractivity contribution is 7.93. The zero-order chi connectivity index (χ0) is 21.8. The first kappa shape index (κ1) is 21.8. The first-order valence-corrected chi connectivity index (χ1v) is 12.3. The third-order valence-corrected chi connectivity index (χ3v) is 7.76. The van der Waals surface area contributed by atoms with Crippen molar-refractivity contribution < 1.29 is 17.9 Å². The predicted molar refractivity (Wildman–Crippen MR) is 121 cm³/mol. The van der Waals surface area contributed by atoms with E-state index in [0.717, 1.165) is 13.1 Å². The topological polar surface area (TPSA) is 79.0 Å². The minimum Gasteiger partial charge on any atom is -0.379 e. The maximum absolute atomic E-state index is 12.8. The molecular weight excluding hydrogens is 414 g/mol. The van der Waals surface area contributed by atoms with Gasteiger partial charge in [0, 0.05) is 31.7 Å². The molecule has 7 nitrogen and oxygen atoms in total. The van der Waals surface area contributed by atoms with Crippen LogP contribution in [0.4, 0.5) is 5.69 Å². The minimum atomic E-state index is -3.22. The van der Waals surface area contributed by atoms with Gasteiger partial charge in [-0.05, 0) is 43.2 Å². The number of aryl methyl sites for hydroxylation is 1. The highest BCUT2D eigenvalue weighted by atomic mass is 32.2. The van der Waals surface area contributed by atoms with Crippen LogP contribution < -0.4 is 9.62 Å². The van der Waals surface area contributed by atoms with Crippen LogP contribution in [0.15, 0.2) is 48.5 Å². The molecule has 2 fully saturated rings. The molecule has 1 N–H and O–H groups in total. The van der Waals surface area contributed by atoms with E-state index in [-0.39, 0.29) is 17.7 Å². The second-order valence-electron chi connectivity index (χ2n) is 8.08. The first-order valence-electron chi connectivity index (χ1n) is 10.7. The molecule has 166 valence electrons. The average molecular weight is 444 g/mol. The maximum Gasteiger partial charge on any atom is 0.251 e. The number of hydrogen-bond donors (Lipinski definition) is 1. The number of carbonyl (C=O) groups is 1. The number of amides is 1. The number of anilines is 1. The number of hydrogen-bond acceptors (Lipinski definition) is 5. The molecule has 0 saturated carbocycles. The summed E-state index contributed by atoms with van der Waals surface area (Å²) in [5.41, 5.74) is 3.50. The number of carbonyl (C=O) groups excluding carboxylic acids is 1. The molecule has 0 bridgehead atoms. The summed E-state index contributed by atoms with van der Waals surface area (Å²) in [6.07, 6.45) is 0.631. The molecule has 1 atom stereocenters. The molecule has 2 aliphatic rings. The van der Waals surface area contributed by atoms with E-state index in [4.69, 9.17) is 4.74 Å². The van der Waals surface area contributed by atoms with Gasteiger partial charge in [0.05, 0.1) is 30.7 Å². The van der Waals surface area contributed by atoms with E-state index in [2.05, 4.69) is 35.3 Å². The minimum absolute atomic E-state index is 0.0711. The van der Waals surface area contributed by atoms with Gasteiger partial charge in [-0.1, -0.05) is 29.8 Å². The van der Waals surface area contributed by atoms with Gasteiger partial charge >= 0.3 is 0 Å². The maximum atomic E-state index is 12.8. The van der Waals surface area contributed by atoms with Gasteiger partial charge in [-0.2, -0.15) is 0 Å². The summed E-state index contributed by atoms with van der Waals surface area (Å²) >= 11 is 0. The molecule has 4 rings (SSSR count). The first-order chi connectivity index (χ1) is 14.9. The van der Waals surface area contributed by atoms with Crippen molar-refractivity contribution in [3.05, 3.63) is 65.2 Å². The van der Waals surface area contributed by atoms with Crippen LogP contribution in [0.1, 0.15) is 33.9 Å². The Balaban J connectivity index is 1.45. The summed E-state index contributed by atoms with van der Waals surface area (Å²) in [7, 11) is -3.22. The molecule has 0 spiro atoms. The summed E-state index contributed by atoms with van der Waals surface area (Å²) in [5, 5.41) is 3.07. The van der Waals surface area contributed by atoms with Crippen molar-refractivity contribution in [1.29, 1.82) is 0 Å². The standard InChI is InChI=1S/C23H29N3O4S/c1-18-4-2-5-20(16-18)22(25-11-13-30-14-12-25)17-24-23(27)19-6-8-21(9-7-19)26-10-3-15-31(26,28)29/h2,4-9,16,22H,3,10-15,17H2,1H3,(H,24,27). The van der Waals surface area contributed by atoms with E-state index in [9.17, 15) is 13.2 Å². The molecule has 0 aromatic heterocycles. The van der Waals surface area contributed by atoms with Crippen LogP contribution in [0.3, 0.4) is 0 Å². The molecule has 1 unspecified atom stereocenters. The number of nitrogens with zero attached hydrogens (tertiary/aromatic N) is 2. The van der Waals surface area contributed by atoms with Crippen molar-refractivity contribution in [3.63, 3.8) is 0 Å². The fourth-order valence-electron chi connectivity index (χ4n) is 4.22. The number of morpholine rings is 1. The molecule has 31 heavy (non-hydrogen) atoms. The second kappa shape index (κ2) is 9.38. The van der Waals surface area contributed by atoms with Crippen LogP contribution >= 0.6 is 0 Å². The Morgan fingerprint density at radius 1 is 1.10 bits per heavy atom. The second-order valence-corrected chi connectivity index (χ2v) is 10.1. The monoisotopic (exact) mass is 443 g/mol. The number of benzene rings is 2. The SMILES string of the molecule is Cc1cccc(C(CNC(=O)c2ccc(N3CCCS3(=O)=O)cc2)N2CCOCC2)c1. The Morgan fingerprint density at radius 2 is 1.84 bits per heavy atom. The van der Waals surface area contributed by atoms with E-state index < -0.39 is 10.0 Å². The molecule has 8 heteroatoms. The summed E-state index contributed by atoms with van der Waals surface area (Å²) in [5.74, 6) is 0.0127. The lowest BCUT2D eigenvalue weighted by Gasteiger charge is -2.35. The normalized spacial score (nSPS) is 19.8. The summed E-state index contributed by atoms with van der Waals surface area (Å²) in [6.45, 7) is 6.09. The van der Waals surface area contributed by atoms with Crippen molar-refractivity contribution in [1.82, 2.24) is 10.2 Å². The molecule has 2 heterocycles. The van der Waals surface area contributed by atoms with E-state index in [1.54, 1.807) is 24.3 Å². The van der Waals surface area contributed by atoms with Crippen LogP contribution in [0.5, 0.6) is 0 Å². The Kier molecular flexibility index (Phi) is 6.60. The zero-order valence-corrected chi connectivity index (χ0v) is 18.6. The Bertz CT molecular complexity index is 1020. The number of ether oxygens (including phenoxy) is 1. The Hall–Kier alpha value is -2.42. The van der Waals surface area contributed by atoms with Gasteiger partial charge in [0.2, 0.25) is 10.0 Å². The fraction of sp³-hybridized carbons (Fsp3) is 0.435. The van der Waals surface area contributed by atoms with Crippen molar-refractivity contribution in [2.75, 3.05) is 49.5 Å². The molecule has 1 amide bonds. The summed E-state index contributed by atoms with van der Waals surface area (Å²) < 4.78 is 31.1. The van der Waals surface area contributed by atoms with Crippen LogP contribution in [0, 0.1) is 6.92 Å². The quantitative estimate of drug-likeness (QED) is 0.741. The largest absolute Gasteiger partial charge is 0.379 e. The van der Waals surface area contributed by atoms with Gasteiger partial charge < -0.3 is 10.1 Å². The van der Waals surface area contributed by atoms with Crippen LogP contribution in [-0.2, 0) is 14.8 Å². The lowest BCUT2D eigenvalue weighted by molar-refractivity contribution is 0.0162. The fourth-order valence-corrected chi connectivity index (χ4v) is 5.79.